The first-order chi connectivity index (χ1) is 8.26. The summed E-state index contributed by atoms with van der Waals surface area (Å²) in [5.74, 6) is -1.44. The highest BCUT2D eigenvalue weighted by Gasteiger charge is 1.94. The van der Waals surface area contributed by atoms with Gasteiger partial charge in [0.1, 0.15) is 12.2 Å². The van der Waals surface area contributed by atoms with Crippen molar-refractivity contribution in [3.63, 3.8) is 0 Å². The normalized spacial score (nSPS) is 10.6. The lowest BCUT2D eigenvalue weighted by Crippen LogP contribution is -2.32. The minimum Gasteiger partial charge on any atom is -0.547 e. The van der Waals surface area contributed by atoms with E-state index < -0.39 is 24.3 Å². The number of carbonyl (C=O) groups is 1. The van der Waals surface area contributed by atoms with Gasteiger partial charge in [-0.25, -0.2) is 0 Å². The van der Waals surface area contributed by atoms with Crippen LogP contribution >= 0.6 is 0 Å². The molecule has 0 spiro atoms. The second kappa shape index (κ2) is 19.5. The van der Waals surface area contributed by atoms with Crippen molar-refractivity contribution < 1.29 is 45.6 Å². The highest BCUT2D eigenvalue weighted by atomic mass is 16.4. The van der Waals surface area contributed by atoms with Gasteiger partial charge in [-0.2, -0.15) is 0 Å². The number of carboxylic acid groups (broad SMARTS) is 1. The number of aliphatic hydroxyl groups is 7. The van der Waals surface area contributed by atoms with Crippen LogP contribution in [-0.2, 0) is 4.79 Å². The van der Waals surface area contributed by atoms with Crippen LogP contribution in [0.2, 0.25) is 0 Å². The van der Waals surface area contributed by atoms with Gasteiger partial charge in [0, 0.05) is 0 Å². The highest BCUT2D eigenvalue weighted by Crippen LogP contribution is 1.72. The molecule has 0 amide bonds. The van der Waals surface area contributed by atoms with E-state index in [1.165, 1.54) is 0 Å². The largest absolute Gasteiger partial charge is 0.547 e. The monoisotopic (exact) mass is 291 g/mol. The van der Waals surface area contributed by atoms with Crippen molar-refractivity contribution in [2.24, 2.45) is 0 Å². The third kappa shape index (κ3) is 31.7. The Labute approximate surface area is 110 Å². The summed E-state index contributed by atoms with van der Waals surface area (Å²) in [5, 5.41) is 65.3. The molecule has 10 nitrogen and oxygen atoms in total. The number of aliphatic hydroxyl groups excluding tert-OH is 7. The maximum Gasteiger partial charge on any atom is 0.100 e. The minimum atomic E-state index is -1.44. The van der Waals surface area contributed by atoms with E-state index in [9.17, 15) is 9.90 Å². The van der Waals surface area contributed by atoms with Gasteiger partial charge in [0.25, 0.3) is 0 Å². The molecule has 0 fully saturated rings. The molecule has 11 N–H and O–H groups in total. The molecule has 0 aliphatic carbocycles. The summed E-state index contributed by atoms with van der Waals surface area (Å²) in [7, 11) is 0. The molecule has 0 aliphatic rings. The van der Waals surface area contributed by atoms with E-state index in [2.05, 4.69) is 0 Å². The van der Waals surface area contributed by atoms with Crippen LogP contribution in [0, 0.1) is 0 Å². The van der Waals surface area contributed by atoms with E-state index >= 15 is 0 Å². The Morgan fingerprint density at radius 3 is 1.05 bits per heavy atom. The second-order valence-electron chi connectivity index (χ2n) is 3.03. The molecular formula is C9H25NO9. The Morgan fingerprint density at radius 2 is 1.05 bits per heavy atom. The van der Waals surface area contributed by atoms with Gasteiger partial charge in [0.2, 0.25) is 0 Å². The summed E-state index contributed by atoms with van der Waals surface area (Å²) >= 11 is 0. The van der Waals surface area contributed by atoms with Crippen molar-refractivity contribution in [1.82, 2.24) is 6.15 Å². The van der Waals surface area contributed by atoms with Gasteiger partial charge in [-0.05, 0) is 6.92 Å². The average molecular weight is 291 g/mol. The Bertz CT molecular complexity index is 161. The van der Waals surface area contributed by atoms with Gasteiger partial charge in [0.15, 0.2) is 0 Å². The molecule has 10 heteroatoms. The summed E-state index contributed by atoms with van der Waals surface area (Å²) in [6.07, 6.45) is -3.25. The Kier molecular flexibility index (Phi) is 27.3. The van der Waals surface area contributed by atoms with Gasteiger partial charge in [0.05, 0.1) is 38.5 Å². The predicted octanol–water partition coefficient (Wildman–Crippen LogP) is -4.84. The van der Waals surface area contributed by atoms with Gasteiger partial charge in [-0.3, -0.25) is 0 Å². The van der Waals surface area contributed by atoms with Gasteiger partial charge >= 0.3 is 0 Å². The molecule has 0 heterocycles. The number of carboxylic acids is 1. The molecule has 0 bridgehead atoms. The molecule has 0 aliphatic heterocycles. The molecule has 0 aromatic heterocycles. The summed E-state index contributed by atoms with van der Waals surface area (Å²) < 4.78 is 0. The molecule has 0 aromatic carbocycles. The van der Waals surface area contributed by atoms with Crippen molar-refractivity contribution in [2.75, 3.05) is 26.4 Å². The zero-order valence-corrected chi connectivity index (χ0v) is 11.0. The summed E-state index contributed by atoms with van der Waals surface area (Å²) in [5.41, 5.74) is 0. The lowest BCUT2D eigenvalue weighted by Gasteiger charge is -2.00. The molecule has 0 aromatic rings. The van der Waals surface area contributed by atoms with E-state index in [1.807, 2.05) is 0 Å². The first-order valence-corrected chi connectivity index (χ1v) is 4.95. The lowest BCUT2D eigenvalue weighted by molar-refractivity contribution is -0.314. The van der Waals surface area contributed by atoms with Crippen LogP contribution in [0.15, 0.2) is 0 Å². The maximum atomic E-state index is 9.34. The van der Waals surface area contributed by atoms with E-state index in [0.717, 1.165) is 6.92 Å². The molecule has 0 saturated heterocycles. The average Bonchev–Trinajstić information content (AvgIpc) is 2.37. The highest BCUT2D eigenvalue weighted by molar-refractivity contribution is 5.68. The number of quaternary nitrogens is 1. The summed E-state index contributed by atoms with van der Waals surface area (Å²) in [6, 6.07) is 0. The number of hydrogen-bond donors (Lipinski definition) is 8. The topological polar surface area (TPSA) is 218 Å². The third-order valence-electron chi connectivity index (χ3n) is 1.18. The second-order valence-corrected chi connectivity index (χ2v) is 3.03. The van der Waals surface area contributed by atoms with Crippen LogP contribution in [0.1, 0.15) is 6.92 Å². The first kappa shape index (κ1) is 26.7. The Morgan fingerprint density at radius 1 is 0.895 bits per heavy atom. The molecule has 0 saturated carbocycles. The molecule has 0 radical (unpaired) electrons. The van der Waals surface area contributed by atoms with Crippen molar-refractivity contribution in [3.05, 3.63) is 0 Å². The quantitative estimate of drug-likeness (QED) is 0.243. The van der Waals surface area contributed by atoms with Crippen LogP contribution in [0.5, 0.6) is 0 Å². The first-order valence-electron chi connectivity index (χ1n) is 4.95. The van der Waals surface area contributed by atoms with Crippen LogP contribution < -0.4 is 11.3 Å². The van der Waals surface area contributed by atoms with Crippen molar-refractivity contribution in [3.8, 4) is 0 Å². The van der Waals surface area contributed by atoms with Crippen molar-refractivity contribution in [1.29, 1.82) is 0 Å². The van der Waals surface area contributed by atoms with Gasteiger partial charge in [-0.15, -0.1) is 0 Å². The number of hydrogen-bond acceptors (Lipinski definition) is 9. The van der Waals surface area contributed by atoms with Crippen LogP contribution in [0.4, 0.5) is 0 Å². The van der Waals surface area contributed by atoms with E-state index in [-0.39, 0.29) is 32.6 Å². The van der Waals surface area contributed by atoms with Crippen LogP contribution in [-0.4, -0.2) is 86.5 Å². The van der Waals surface area contributed by atoms with E-state index in [0.29, 0.717) is 0 Å². The fraction of sp³-hybridized carbons (Fsp3) is 0.889. The van der Waals surface area contributed by atoms with Crippen LogP contribution in [0.25, 0.3) is 0 Å². The fourth-order valence-corrected chi connectivity index (χ4v) is 0.115. The number of aliphatic carboxylic acids is 1. The molecule has 1 unspecified atom stereocenters. The zero-order valence-electron chi connectivity index (χ0n) is 11.0. The Balaban J connectivity index is -0.0000000865. The minimum absolute atomic E-state index is 0. The molecule has 0 rings (SSSR count). The zero-order chi connectivity index (χ0) is 15.1. The fourth-order valence-electron chi connectivity index (χ4n) is 0.115. The predicted molar refractivity (Wildman–Crippen MR) is 63.0 cm³/mol. The van der Waals surface area contributed by atoms with E-state index in [1.54, 1.807) is 0 Å². The molecular weight excluding hydrogens is 266 g/mol. The summed E-state index contributed by atoms with van der Waals surface area (Å²) in [6.45, 7) is -0.324. The van der Waals surface area contributed by atoms with Gasteiger partial charge < -0.3 is 51.8 Å². The molecule has 19 heavy (non-hydrogen) atoms. The molecule has 120 valence electrons. The smallest absolute Gasteiger partial charge is 0.100 e. The van der Waals surface area contributed by atoms with Crippen LogP contribution in [0.3, 0.4) is 0 Å². The van der Waals surface area contributed by atoms with Crippen molar-refractivity contribution >= 4 is 5.97 Å². The SMILES string of the molecule is CC(O)C(=O)[O-].OCC(O)CO.OCC(O)CO.[NH4+]. The maximum absolute atomic E-state index is 9.34. The Hall–Kier alpha value is -0.850. The standard InChI is InChI=1S/2C3H8O3.C3H6O3.H3N/c2*4-1-3(6)2-5;1-2(4)3(5)6;/h2*3-6H,1-2H2;2,4H,1H3,(H,5,6);1H3. The van der Waals surface area contributed by atoms with Crippen molar-refractivity contribution in [2.45, 2.75) is 25.2 Å². The third-order valence-corrected chi connectivity index (χ3v) is 1.18. The number of carbonyl (C=O) groups excluding carboxylic acids is 1. The lowest BCUT2D eigenvalue weighted by atomic mass is 10.4. The molecule has 1 atom stereocenters. The van der Waals surface area contributed by atoms with E-state index in [4.69, 9.17) is 35.7 Å². The summed E-state index contributed by atoms with van der Waals surface area (Å²) in [4.78, 5) is 9.34. The number of rotatable bonds is 5. The van der Waals surface area contributed by atoms with Gasteiger partial charge in [-0.1, -0.05) is 0 Å².